The molecule has 0 bridgehead atoms. The van der Waals surface area contributed by atoms with E-state index in [4.69, 9.17) is 10.9 Å². The van der Waals surface area contributed by atoms with Gasteiger partial charge in [0.2, 0.25) is 10.0 Å². The largest absolute Gasteiger partial charge is 0.405 e. The fourth-order valence-electron chi connectivity index (χ4n) is 1.59. The van der Waals surface area contributed by atoms with Crippen LogP contribution >= 0.6 is 0 Å². The second-order valence-corrected chi connectivity index (χ2v) is 5.43. The summed E-state index contributed by atoms with van der Waals surface area (Å²) in [7, 11) is -3.98. The molecule has 0 saturated heterocycles. The van der Waals surface area contributed by atoms with Crippen LogP contribution in [0.25, 0.3) is 0 Å². The number of nitrogens with zero attached hydrogens (tertiary/aromatic N) is 1. The smallest absolute Gasteiger partial charge is 0.398 e. The standard InChI is InChI=1S/C10H14F3N3O2S/c1-2-16(6-10(11,12)13)7-3-4-9(8(14)5-7)19(15,17)18/h3-5H,2,6,14H2,1H3,(H2,15,17,18). The molecule has 1 rings (SSSR count). The van der Waals surface area contributed by atoms with E-state index in [2.05, 4.69) is 0 Å². The summed E-state index contributed by atoms with van der Waals surface area (Å²) in [6.45, 7) is 0.515. The van der Waals surface area contributed by atoms with Crippen LogP contribution in [-0.4, -0.2) is 27.7 Å². The first-order chi connectivity index (χ1) is 8.54. The number of sulfonamides is 1. The van der Waals surface area contributed by atoms with Gasteiger partial charge in [-0.3, -0.25) is 0 Å². The lowest BCUT2D eigenvalue weighted by Crippen LogP contribution is -2.34. The number of halogens is 3. The molecule has 4 N–H and O–H groups in total. The van der Waals surface area contributed by atoms with Gasteiger partial charge in [-0.05, 0) is 25.1 Å². The van der Waals surface area contributed by atoms with Gasteiger partial charge in [-0.1, -0.05) is 0 Å². The van der Waals surface area contributed by atoms with Crippen LogP contribution in [0.4, 0.5) is 24.5 Å². The first-order valence-electron chi connectivity index (χ1n) is 5.28. The molecule has 0 atom stereocenters. The highest BCUT2D eigenvalue weighted by molar-refractivity contribution is 7.89. The van der Waals surface area contributed by atoms with Gasteiger partial charge in [-0.15, -0.1) is 0 Å². The van der Waals surface area contributed by atoms with E-state index in [1.165, 1.54) is 6.07 Å². The van der Waals surface area contributed by atoms with Gasteiger partial charge >= 0.3 is 6.18 Å². The van der Waals surface area contributed by atoms with Crippen molar-refractivity contribution in [3.63, 3.8) is 0 Å². The molecule has 0 fully saturated rings. The van der Waals surface area contributed by atoms with Crippen molar-refractivity contribution in [2.45, 2.75) is 18.0 Å². The molecule has 0 spiro atoms. The number of nitrogen functional groups attached to an aromatic ring is 1. The molecule has 0 saturated carbocycles. The Balaban J connectivity index is 3.12. The van der Waals surface area contributed by atoms with Crippen LogP contribution in [0.2, 0.25) is 0 Å². The molecule has 0 radical (unpaired) electrons. The molecule has 108 valence electrons. The molecule has 1 aromatic rings. The van der Waals surface area contributed by atoms with Crippen molar-refractivity contribution in [2.75, 3.05) is 23.7 Å². The number of nitrogens with two attached hydrogens (primary N) is 2. The van der Waals surface area contributed by atoms with E-state index < -0.39 is 22.7 Å². The Morgan fingerprint density at radius 3 is 2.26 bits per heavy atom. The lowest BCUT2D eigenvalue weighted by atomic mass is 10.2. The van der Waals surface area contributed by atoms with Gasteiger partial charge in [-0.2, -0.15) is 13.2 Å². The summed E-state index contributed by atoms with van der Waals surface area (Å²) in [6, 6.07) is 3.50. The van der Waals surface area contributed by atoms with Crippen LogP contribution in [0.15, 0.2) is 23.1 Å². The number of alkyl halides is 3. The monoisotopic (exact) mass is 297 g/mol. The minimum Gasteiger partial charge on any atom is -0.398 e. The van der Waals surface area contributed by atoms with E-state index in [0.717, 1.165) is 17.0 Å². The summed E-state index contributed by atoms with van der Waals surface area (Å²) in [5, 5.41) is 4.92. The molecule has 0 unspecified atom stereocenters. The maximum absolute atomic E-state index is 12.4. The molecular formula is C10H14F3N3O2S. The van der Waals surface area contributed by atoms with Gasteiger partial charge in [0.25, 0.3) is 0 Å². The van der Waals surface area contributed by atoms with E-state index in [-0.39, 0.29) is 22.8 Å². The molecule has 19 heavy (non-hydrogen) atoms. The Morgan fingerprint density at radius 2 is 1.89 bits per heavy atom. The van der Waals surface area contributed by atoms with Gasteiger partial charge in [0.1, 0.15) is 11.4 Å². The number of anilines is 2. The van der Waals surface area contributed by atoms with E-state index in [1.54, 1.807) is 6.92 Å². The maximum atomic E-state index is 12.4. The summed E-state index contributed by atoms with van der Waals surface area (Å²) in [6.07, 6.45) is -4.36. The maximum Gasteiger partial charge on any atom is 0.405 e. The van der Waals surface area contributed by atoms with Gasteiger partial charge in [0.05, 0.1) is 5.69 Å². The van der Waals surface area contributed by atoms with Crippen LogP contribution < -0.4 is 15.8 Å². The van der Waals surface area contributed by atoms with Crippen molar-refractivity contribution in [3.05, 3.63) is 18.2 Å². The molecule has 0 amide bonds. The third-order valence-electron chi connectivity index (χ3n) is 2.42. The SMILES string of the molecule is CCN(CC(F)(F)F)c1ccc(S(N)(=O)=O)c(N)c1. The van der Waals surface area contributed by atoms with Crippen molar-refractivity contribution in [3.8, 4) is 0 Å². The third kappa shape index (κ3) is 4.28. The van der Waals surface area contributed by atoms with Crippen LogP contribution in [-0.2, 0) is 10.0 Å². The summed E-state index contributed by atoms with van der Waals surface area (Å²) in [5.41, 5.74) is 5.50. The summed E-state index contributed by atoms with van der Waals surface area (Å²) in [5.74, 6) is 0. The first kappa shape index (κ1) is 15.6. The fourth-order valence-corrected chi connectivity index (χ4v) is 2.24. The minimum absolute atomic E-state index is 0.105. The van der Waals surface area contributed by atoms with Crippen LogP contribution in [0.1, 0.15) is 6.92 Å². The molecule has 0 aliphatic carbocycles. The van der Waals surface area contributed by atoms with Crippen molar-refractivity contribution in [1.82, 2.24) is 0 Å². The number of hydrogen-bond donors (Lipinski definition) is 2. The molecule has 1 aromatic carbocycles. The molecular weight excluding hydrogens is 283 g/mol. The van der Waals surface area contributed by atoms with Crippen LogP contribution in [0.5, 0.6) is 0 Å². The molecule has 0 aliphatic rings. The van der Waals surface area contributed by atoms with Gasteiger partial charge in [0, 0.05) is 12.2 Å². The zero-order chi connectivity index (χ0) is 14.8. The molecule has 0 aliphatic heterocycles. The van der Waals surface area contributed by atoms with E-state index in [1.807, 2.05) is 0 Å². The van der Waals surface area contributed by atoms with E-state index in [9.17, 15) is 21.6 Å². The summed E-state index contributed by atoms with van der Waals surface area (Å²) < 4.78 is 59.4. The lowest BCUT2D eigenvalue weighted by Gasteiger charge is -2.25. The zero-order valence-corrected chi connectivity index (χ0v) is 10.9. The number of rotatable bonds is 4. The molecule has 0 heterocycles. The molecule has 5 nitrogen and oxygen atoms in total. The highest BCUT2D eigenvalue weighted by Crippen LogP contribution is 2.26. The molecule has 9 heteroatoms. The van der Waals surface area contributed by atoms with Crippen molar-refractivity contribution in [1.29, 1.82) is 0 Å². The predicted octanol–water partition coefficient (Wildman–Crippen LogP) is 1.30. The number of benzene rings is 1. The van der Waals surface area contributed by atoms with E-state index in [0.29, 0.717) is 0 Å². The van der Waals surface area contributed by atoms with Crippen molar-refractivity contribution >= 4 is 21.4 Å². The minimum atomic E-state index is -4.36. The second-order valence-electron chi connectivity index (χ2n) is 3.90. The van der Waals surface area contributed by atoms with Gasteiger partial charge < -0.3 is 10.6 Å². The Hall–Kier alpha value is -1.48. The topological polar surface area (TPSA) is 89.4 Å². The normalized spacial score (nSPS) is 12.5. The Labute approximate surface area is 109 Å². The average molecular weight is 297 g/mol. The van der Waals surface area contributed by atoms with Crippen molar-refractivity contribution in [2.24, 2.45) is 5.14 Å². The van der Waals surface area contributed by atoms with Crippen LogP contribution in [0, 0.1) is 0 Å². The Morgan fingerprint density at radius 1 is 1.32 bits per heavy atom. The summed E-state index contributed by atoms with van der Waals surface area (Å²) >= 11 is 0. The molecule has 0 aromatic heterocycles. The van der Waals surface area contributed by atoms with Gasteiger partial charge in [-0.25, -0.2) is 13.6 Å². The Bertz CT molecular complexity index is 558. The lowest BCUT2D eigenvalue weighted by molar-refractivity contribution is -0.119. The Kier molecular flexibility index (Phi) is 4.31. The highest BCUT2D eigenvalue weighted by Gasteiger charge is 2.30. The van der Waals surface area contributed by atoms with Gasteiger partial charge in [0.15, 0.2) is 0 Å². The number of hydrogen-bond acceptors (Lipinski definition) is 4. The quantitative estimate of drug-likeness (QED) is 0.820. The highest BCUT2D eigenvalue weighted by atomic mass is 32.2. The van der Waals surface area contributed by atoms with Crippen molar-refractivity contribution < 1.29 is 21.6 Å². The summed E-state index contributed by atoms with van der Waals surface area (Å²) in [4.78, 5) is 0.725. The number of primary sulfonamides is 1. The first-order valence-corrected chi connectivity index (χ1v) is 6.83. The zero-order valence-electron chi connectivity index (χ0n) is 10.1. The third-order valence-corrected chi connectivity index (χ3v) is 3.40. The fraction of sp³-hybridized carbons (Fsp3) is 0.400. The second kappa shape index (κ2) is 5.25. The predicted molar refractivity (Wildman–Crippen MR) is 66.2 cm³/mol. The van der Waals surface area contributed by atoms with Crippen LogP contribution in [0.3, 0.4) is 0 Å². The average Bonchev–Trinajstić information content (AvgIpc) is 2.22. The van der Waals surface area contributed by atoms with E-state index >= 15 is 0 Å².